The highest BCUT2D eigenvalue weighted by Crippen LogP contribution is 2.47. The zero-order valence-electron chi connectivity index (χ0n) is 35.5. The lowest BCUT2D eigenvalue weighted by Gasteiger charge is -2.23. The standard InChI is InChI=1S/C61H45N3/c1-5-18-43(19-6-1)56-34-35-57(44-20-7-2-8-21-44)63(56)49-31-33-52-53(40-49)60(48-29-28-42-17-13-14-26-47(42)39-48)51-32-30-50(41-54(51)61(52)55-27-15-16-38-62-55)64-58(45-22-9-3-10-23-45)36-37-59(64)46-24-11-4-12-25-46/h1-7,9-18,20,22-41,43H,8,19,21H2. The molecule has 2 aliphatic carbocycles. The van der Waals surface area contributed by atoms with E-state index in [1.54, 1.807) is 0 Å². The maximum atomic E-state index is 5.10. The van der Waals surface area contributed by atoms with E-state index >= 15 is 0 Å². The predicted molar refractivity (Wildman–Crippen MR) is 269 cm³/mol. The fourth-order valence-electron chi connectivity index (χ4n) is 10.2. The summed E-state index contributed by atoms with van der Waals surface area (Å²) in [7, 11) is 0. The number of hydrogen-bond donors (Lipinski definition) is 0. The maximum Gasteiger partial charge on any atom is 0.0714 e. The molecule has 3 aromatic heterocycles. The fraction of sp³-hybridized carbons (Fsp3) is 0.0656. The van der Waals surface area contributed by atoms with Crippen molar-refractivity contribution in [3.8, 4) is 56.3 Å². The van der Waals surface area contributed by atoms with Crippen LogP contribution >= 0.6 is 0 Å². The summed E-state index contributed by atoms with van der Waals surface area (Å²) in [5, 5.41) is 7.17. The summed E-state index contributed by atoms with van der Waals surface area (Å²) in [5.74, 6) is 0.281. The van der Waals surface area contributed by atoms with Crippen LogP contribution in [0.4, 0.5) is 0 Å². The van der Waals surface area contributed by atoms with Crippen LogP contribution in [-0.4, -0.2) is 14.1 Å². The molecule has 1 atom stereocenters. The van der Waals surface area contributed by atoms with E-state index in [0.29, 0.717) is 0 Å². The van der Waals surface area contributed by atoms with Gasteiger partial charge in [0.1, 0.15) is 0 Å². The third-order valence-electron chi connectivity index (χ3n) is 13.2. The lowest BCUT2D eigenvalue weighted by atomic mass is 9.86. The molecule has 3 nitrogen and oxygen atoms in total. The van der Waals surface area contributed by atoms with Crippen LogP contribution in [0.25, 0.3) is 94.2 Å². The van der Waals surface area contributed by atoms with Gasteiger partial charge in [-0.1, -0.05) is 158 Å². The molecule has 0 bridgehead atoms. The average Bonchev–Trinajstić information content (AvgIpc) is 4.03. The van der Waals surface area contributed by atoms with Gasteiger partial charge >= 0.3 is 0 Å². The quantitative estimate of drug-likeness (QED) is 0.140. The molecule has 0 spiro atoms. The van der Waals surface area contributed by atoms with Crippen LogP contribution < -0.4 is 0 Å². The lowest BCUT2D eigenvalue weighted by molar-refractivity contribution is 0.779. The highest BCUT2D eigenvalue weighted by atomic mass is 15.0. The maximum absolute atomic E-state index is 5.10. The molecule has 0 radical (unpaired) electrons. The summed E-state index contributed by atoms with van der Waals surface area (Å²) in [5.41, 5.74) is 15.3. The lowest BCUT2D eigenvalue weighted by Crippen LogP contribution is -2.09. The fourth-order valence-corrected chi connectivity index (χ4v) is 10.2. The first-order valence-corrected chi connectivity index (χ1v) is 22.5. The van der Waals surface area contributed by atoms with Crippen LogP contribution in [-0.2, 0) is 0 Å². The Kier molecular flexibility index (Phi) is 9.45. The molecule has 0 N–H and O–H groups in total. The molecule has 0 fully saturated rings. The molecule has 3 heterocycles. The van der Waals surface area contributed by atoms with Crippen molar-refractivity contribution in [3.63, 3.8) is 0 Å². The van der Waals surface area contributed by atoms with E-state index in [9.17, 15) is 0 Å². The van der Waals surface area contributed by atoms with Gasteiger partial charge in [0.05, 0.1) is 17.1 Å². The second-order valence-electron chi connectivity index (χ2n) is 17.0. The predicted octanol–water partition coefficient (Wildman–Crippen LogP) is 16.1. The van der Waals surface area contributed by atoms with Crippen molar-refractivity contribution in [2.24, 2.45) is 0 Å². The van der Waals surface area contributed by atoms with Crippen molar-refractivity contribution in [2.45, 2.75) is 25.2 Å². The molecule has 0 saturated heterocycles. The third kappa shape index (κ3) is 6.56. The van der Waals surface area contributed by atoms with Gasteiger partial charge < -0.3 is 9.13 Å². The Hall–Kier alpha value is -8.01. The van der Waals surface area contributed by atoms with E-state index < -0.39 is 0 Å². The topological polar surface area (TPSA) is 22.8 Å². The van der Waals surface area contributed by atoms with E-state index in [1.807, 2.05) is 12.3 Å². The van der Waals surface area contributed by atoms with Gasteiger partial charge in [0, 0.05) is 40.4 Å². The molecule has 3 heteroatoms. The number of fused-ring (bicyclic) bond motifs is 3. The molecule has 0 saturated carbocycles. The van der Waals surface area contributed by atoms with Crippen molar-refractivity contribution in [1.82, 2.24) is 14.1 Å². The van der Waals surface area contributed by atoms with Gasteiger partial charge in [0.25, 0.3) is 0 Å². The number of hydrogen-bond acceptors (Lipinski definition) is 1. The Balaban J connectivity index is 1.18. The Morgan fingerprint density at radius 3 is 1.81 bits per heavy atom. The number of pyridine rings is 1. The zero-order chi connectivity index (χ0) is 42.4. The van der Waals surface area contributed by atoms with Gasteiger partial charge in [-0.15, -0.1) is 0 Å². The zero-order valence-corrected chi connectivity index (χ0v) is 35.5. The summed E-state index contributed by atoms with van der Waals surface area (Å²) < 4.78 is 4.97. The molecule has 10 aromatic rings. The number of nitrogens with zero attached hydrogens (tertiary/aromatic N) is 3. The Morgan fingerprint density at radius 1 is 0.453 bits per heavy atom. The summed E-state index contributed by atoms with van der Waals surface area (Å²) in [4.78, 5) is 5.10. The second kappa shape index (κ2) is 16.0. The minimum Gasteiger partial charge on any atom is -0.313 e. The first-order chi connectivity index (χ1) is 31.8. The van der Waals surface area contributed by atoms with Crippen LogP contribution in [0.3, 0.4) is 0 Å². The van der Waals surface area contributed by atoms with Gasteiger partial charge in [0.15, 0.2) is 0 Å². The SMILES string of the molecule is C1=CCCC(c2ccc(C3C=CC=CC3)n2-c2ccc3c(-c4ccccn4)c4cc(-n5c(-c6ccccc6)ccc5-c5ccccc5)ccc4c(-c4ccc5ccccc5c4)c3c2)=C1. The van der Waals surface area contributed by atoms with Crippen molar-refractivity contribution < 1.29 is 0 Å². The van der Waals surface area contributed by atoms with Crippen molar-refractivity contribution in [1.29, 1.82) is 0 Å². The summed E-state index contributed by atoms with van der Waals surface area (Å²) in [6.07, 6.45) is 20.8. The van der Waals surface area contributed by atoms with Gasteiger partial charge in [-0.05, 0) is 146 Å². The van der Waals surface area contributed by atoms with Gasteiger partial charge in [-0.3, -0.25) is 4.98 Å². The van der Waals surface area contributed by atoms with Crippen LogP contribution in [0, 0.1) is 0 Å². The van der Waals surface area contributed by atoms with Gasteiger partial charge in [0.2, 0.25) is 0 Å². The number of rotatable bonds is 8. The molecule has 1 unspecified atom stereocenters. The van der Waals surface area contributed by atoms with Crippen LogP contribution in [0.2, 0.25) is 0 Å². The van der Waals surface area contributed by atoms with Gasteiger partial charge in [-0.2, -0.15) is 0 Å². The first kappa shape index (κ1) is 37.7. The summed E-state index contributed by atoms with van der Waals surface area (Å²) >= 11 is 0. The summed E-state index contributed by atoms with van der Waals surface area (Å²) in [6.45, 7) is 0. The molecule has 7 aromatic carbocycles. The Bertz CT molecular complexity index is 3450. The Labute approximate surface area is 373 Å². The minimum absolute atomic E-state index is 0.281. The van der Waals surface area contributed by atoms with E-state index in [2.05, 4.69) is 228 Å². The van der Waals surface area contributed by atoms with E-state index in [-0.39, 0.29) is 5.92 Å². The smallest absolute Gasteiger partial charge is 0.0714 e. The van der Waals surface area contributed by atoms with E-state index in [0.717, 1.165) is 53.0 Å². The molecular formula is C61H45N3. The first-order valence-electron chi connectivity index (χ1n) is 22.5. The van der Waals surface area contributed by atoms with Crippen molar-refractivity contribution in [3.05, 3.63) is 242 Å². The monoisotopic (exact) mass is 819 g/mol. The highest BCUT2D eigenvalue weighted by molar-refractivity contribution is 6.22. The largest absolute Gasteiger partial charge is 0.313 e. The highest BCUT2D eigenvalue weighted by Gasteiger charge is 2.24. The van der Waals surface area contributed by atoms with E-state index in [4.69, 9.17) is 4.98 Å². The van der Waals surface area contributed by atoms with Crippen molar-refractivity contribution >= 4 is 37.9 Å². The van der Waals surface area contributed by atoms with Crippen molar-refractivity contribution in [2.75, 3.05) is 0 Å². The molecular weight excluding hydrogens is 775 g/mol. The molecule has 12 rings (SSSR count). The molecule has 0 aliphatic heterocycles. The molecule has 2 aliphatic rings. The number of allylic oxidation sites excluding steroid dienone is 8. The van der Waals surface area contributed by atoms with E-state index in [1.165, 1.54) is 71.8 Å². The summed E-state index contributed by atoms with van der Waals surface area (Å²) in [6, 6.07) is 66.9. The molecule has 64 heavy (non-hydrogen) atoms. The number of benzene rings is 7. The van der Waals surface area contributed by atoms with Crippen LogP contribution in [0.1, 0.15) is 36.6 Å². The van der Waals surface area contributed by atoms with Gasteiger partial charge in [-0.25, -0.2) is 0 Å². The number of aromatic nitrogens is 3. The molecule has 304 valence electrons. The Morgan fingerprint density at radius 2 is 1.12 bits per heavy atom. The van der Waals surface area contributed by atoms with Crippen LogP contribution in [0.5, 0.6) is 0 Å². The average molecular weight is 820 g/mol. The minimum atomic E-state index is 0.281. The van der Waals surface area contributed by atoms with Crippen LogP contribution in [0.15, 0.2) is 231 Å². The normalized spacial score (nSPS) is 14.8. The molecule has 0 amide bonds. The third-order valence-corrected chi connectivity index (χ3v) is 13.2. The second-order valence-corrected chi connectivity index (χ2v) is 17.0.